The van der Waals surface area contributed by atoms with Crippen LogP contribution in [0, 0.1) is 16.0 Å². The third-order valence-corrected chi connectivity index (χ3v) is 7.37. The monoisotopic (exact) mass is 427 g/mol. The van der Waals surface area contributed by atoms with Crippen molar-refractivity contribution >= 4 is 15.7 Å². The molecule has 0 bridgehead atoms. The summed E-state index contributed by atoms with van der Waals surface area (Å²) in [7, 11) is -3.75. The predicted molar refractivity (Wildman–Crippen MR) is 107 cm³/mol. The topological polar surface area (TPSA) is 113 Å². The van der Waals surface area contributed by atoms with Crippen molar-refractivity contribution in [3.8, 4) is 5.75 Å². The van der Waals surface area contributed by atoms with Gasteiger partial charge in [0.1, 0.15) is 12.7 Å². The number of sulfonamides is 1. The zero-order valence-corrected chi connectivity index (χ0v) is 17.5. The number of nitro benzene ring substituents is 1. The molecule has 0 aromatic heterocycles. The van der Waals surface area contributed by atoms with Crippen molar-refractivity contribution < 1.29 is 23.2 Å². The molecule has 29 heavy (non-hydrogen) atoms. The number of nitrogens with zero attached hydrogens (tertiary/aromatic N) is 3. The van der Waals surface area contributed by atoms with Gasteiger partial charge in [0.05, 0.1) is 9.82 Å². The van der Waals surface area contributed by atoms with Gasteiger partial charge in [0.2, 0.25) is 10.0 Å². The number of β-amino-alcohol motifs (C(OH)–C–C–N with tert-alkyl or cyclic N) is 1. The first kappa shape index (κ1) is 21.9. The molecular weight excluding hydrogens is 398 g/mol. The smallest absolute Gasteiger partial charge is 0.312 e. The molecule has 1 aromatic carbocycles. The molecule has 0 radical (unpaired) electrons. The van der Waals surface area contributed by atoms with Gasteiger partial charge in [0.15, 0.2) is 5.75 Å². The zero-order chi connectivity index (χ0) is 21.0. The average Bonchev–Trinajstić information content (AvgIpc) is 3.22. The Kier molecular flexibility index (Phi) is 7.10. The molecule has 2 aliphatic rings. The number of likely N-dealkylation sites (tertiary alicyclic amines) is 1. The van der Waals surface area contributed by atoms with Crippen LogP contribution in [0.4, 0.5) is 5.69 Å². The SMILES string of the molecule is C[C@H]1CCCN(C[C@@H](O)COc2ccc(S(=O)(=O)N3CCCC3)cc2[N+](=O)[O-])C1. The second kappa shape index (κ2) is 9.38. The second-order valence-corrected chi connectivity index (χ2v) is 9.91. The highest BCUT2D eigenvalue weighted by molar-refractivity contribution is 7.89. The van der Waals surface area contributed by atoms with E-state index < -0.39 is 26.7 Å². The van der Waals surface area contributed by atoms with Crippen molar-refractivity contribution in [2.45, 2.75) is 43.6 Å². The summed E-state index contributed by atoms with van der Waals surface area (Å²) >= 11 is 0. The van der Waals surface area contributed by atoms with Crippen LogP contribution in [0.25, 0.3) is 0 Å². The summed E-state index contributed by atoms with van der Waals surface area (Å²) in [5.74, 6) is 0.546. The van der Waals surface area contributed by atoms with Crippen LogP contribution in [0.2, 0.25) is 0 Å². The largest absolute Gasteiger partial charge is 0.484 e. The van der Waals surface area contributed by atoms with E-state index in [2.05, 4.69) is 11.8 Å². The molecule has 2 atom stereocenters. The van der Waals surface area contributed by atoms with Gasteiger partial charge in [-0.05, 0) is 50.3 Å². The average molecular weight is 428 g/mol. The van der Waals surface area contributed by atoms with Gasteiger partial charge < -0.3 is 14.7 Å². The number of piperidine rings is 1. The molecule has 2 heterocycles. The first-order valence-corrected chi connectivity index (χ1v) is 11.5. The van der Waals surface area contributed by atoms with Crippen LogP contribution in [-0.2, 0) is 10.0 Å². The number of aliphatic hydroxyl groups is 1. The fraction of sp³-hybridized carbons (Fsp3) is 0.684. The third kappa shape index (κ3) is 5.44. The molecular formula is C19H29N3O6S. The molecule has 0 spiro atoms. The number of aliphatic hydroxyl groups excluding tert-OH is 1. The van der Waals surface area contributed by atoms with Crippen LogP contribution in [0.5, 0.6) is 5.75 Å². The van der Waals surface area contributed by atoms with Gasteiger partial charge in [-0.2, -0.15) is 4.31 Å². The molecule has 2 saturated heterocycles. The number of rotatable bonds is 8. The van der Waals surface area contributed by atoms with Crippen molar-refractivity contribution in [3.63, 3.8) is 0 Å². The fourth-order valence-corrected chi connectivity index (χ4v) is 5.53. The molecule has 9 nitrogen and oxygen atoms in total. The highest BCUT2D eigenvalue weighted by Crippen LogP contribution is 2.32. The van der Waals surface area contributed by atoms with Gasteiger partial charge in [-0.1, -0.05) is 6.92 Å². The van der Waals surface area contributed by atoms with Gasteiger partial charge in [0.25, 0.3) is 0 Å². The van der Waals surface area contributed by atoms with Crippen molar-refractivity contribution in [1.29, 1.82) is 0 Å². The van der Waals surface area contributed by atoms with E-state index in [4.69, 9.17) is 4.74 Å². The van der Waals surface area contributed by atoms with Crippen molar-refractivity contribution in [2.75, 3.05) is 39.3 Å². The summed E-state index contributed by atoms with van der Waals surface area (Å²) < 4.78 is 32.1. The van der Waals surface area contributed by atoms with Crippen molar-refractivity contribution in [1.82, 2.24) is 9.21 Å². The summed E-state index contributed by atoms with van der Waals surface area (Å²) in [5, 5.41) is 21.7. The molecule has 1 aromatic rings. The number of hydrogen-bond donors (Lipinski definition) is 1. The van der Waals surface area contributed by atoms with E-state index in [1.807, 2.05) is 0 Å². The van der Waals surface area contributed by atoms with Gasteiger partial charge in [-0.25, -0.2) is 8.42 Å². The molecule has 3 rings (SSSR count). The Labute approximate surface area is 171 Å². The normalized spacial score (nSPS) is 22.5. The Hall–Kier alpha value is -1.75. The highest BCUT2D eigenvalue weighted by Gasteiger charge is 2.30. The summed E-state index contributed by atoms with van der Waals surface area (Å²) in [6.07, 6.45) is 3.06. The van der Waals surface area contributed by atoms with Crippen LogP contribution in [0.3, 0.4) is 0 Å². The minimum absolute atomic E-state index is 0.0403. The van der Waals surface area contributed by atoms with Crippen LogP contribution in [0.15, 0.2) is 23.1 Å². The molecule has 0 amide bonds. The minimum Gasteiger partial charge on any atom is -0.484 e. The Balaban J connectivity index is 1.66. The zero-order valence-electron chi connectivity index (χ0n) is 16.7. The van der Waals surface area contributed by atoms with Gasteiger partial charge in [0, 0.05) is 32.2 Å². The molecule has 0 aliphatic carbocycles. The van der Waals surface area contributed by atoms with E-state index in [-0.39, 0.29) is 17.3 Å². The first-order valence-electron chi connectivity index (χ1n) is 10.1. The van der Waals surface area contributed by atoms with E-state index >= 15 is 0 Å². The Morgan fingerprint density at radius 3 is 2.66 bits per heavy atom. The van der Waals surface area contributed by atoms with E-state index in [1.165, 1.54) is 22.9 Å². The van der Waals surface area contributed by atoms with Crippen LogP contribution >= 0.6 is 0 Å². The van der Waals surface area contributed by atoms with Gasteiger partial charge in [-0.3, -0.25) is 10.1 Å². The molecule has 0 saturated carbocycles. The number of nitro groups is 1. The maximum atomic E-state index is 12.7. The first-order chi connectivity index (χ1) is 13.8. The van der Waals surface area contributed by atoms with E-state index in [9.17, 15) is 23.6 Å². The predicted octanol–water partition coefficient (Wildman–Crippen LogP) is 1.85. The molecule has 0 unspecified atom stereocenters. The lowest BCUT2D eigenvalue weighted by Gasteiger charge is -2.32. The van der Waals surface area contributed by atoms with Gasteiger partial charge in [-0.15, -0.1) is 0 Å². The van der Waals surface area contributed by atoms with Crippen molar-refractivity contribution in [3.05, 3.63) is 28.3 Å². The lowest BCUT2D eigenvalue weighted by molar-refractivity contribution is -0.386. The Morgan fingerprint density at radius 1 is 1.28 bits per heavy atom. The standard InChI is InChI=1S/C19H29N3O6S/c1-15-5-4-8-20(12-15)13-16(23)14-28-19-7-6-17(11-18(19)22(24)25)29(26,27)21-9-2-3-10-21/h6-7,11,15-16,23H,2-5,8-10,12-14H2,1H3/t15-,16+/m0/s1. The van der Waals surface area contributed by atoms with Crippen molar-refractivity contribution in [2.24, 2.45) is 5.92 Å². The van der Waals surface area contributed by atoms with E-state index in [0.717, 1.165) is 38.4 Å². The summed E-state index contributed by atoms with van der Waals surface area (Å²) in [5.41, 5.74) is -0.413. The van der Waals surface area contributed by atoms with E-state index in [0.29, 0.717) is 25.6 Å². The molecule has 162 valence electrons. The van der Waals surface area contributed by atoms with Crippen LogP contribution in [0.1, 0.15) is 32.6 Å². The summed E-state index contributed by atoms with van der Waals surface area (Å²) in [6.45, 7) is 5.22. The maximum Gasteiger partial charge on any atom is 0.312 e. The molecule has 10 heteroatoms. The van der Waals surface area contributed by atoms with Crippen LogP contribution in [-0.4, -0.2) is 73.1 Å². The molecule has 1 N–H and O–H groups in total. The third-order valence-electron chi connectivity index (χ3n) is 5.47. The lowest BCUT2D eigenvalue weighted by Crippen LogP contribution is -2.41. The Bertz CT molecular complexity index is 825. The number of hydrogen-bond acceptors (Lipinski definition) is 7. The van der Waals surface area contributed by atoms with Gasteiger partial charge >= 0.3 is 5.69 Å². The minimum atomic E-state index is -3.75. The quantitative estimate of drug-likeness (QED) is 0.497. The summed E-state index contributed by atoms with van der Waals surface area (Å²) in [4.78, 5) is 12.9. The summed E-state index contributed by atoms with van der Waals surface area (Å²) in [6, 6.07) is 3.67. The van der Waals surface area contributed by atoms with Crippen LogP contribution < -0.4 is 4.74 Å². The van der Waals surface area contributed by atoms with E-state index in [1.54, 1.807) is 0 Å². The molecule has 2 aliphatic heterocycles. The highest BCUT2D eigenvalue weighted by atomic mass is 32.2. The lowest BCUT2D eigenvalue weighted by atomic mass is 10.0. The number of ether oxygens (including phenoxy) is 1. The second-order valence-electron chi connectivity index (χ2n) is 7.97. The maximum absolute atomic E-state index is 12.7. The number of benzene rings is 1. The molecule has 2 fully saturated rings. The fourth-order valence-electron chi connectivity index (χ4n) is 3.99. The Morgan fingerprint density at radius 2 is 2.00 bits per heavy atom.